The average molecular weight is 540 g/mol. The smallest absolute Gasteiger partial charge is 0.0267 e. The fraction of sp³-hybridized carbons (Fsp3) is 0.308. The van der Waals surface area contributed by atoms with Gasteiger partial charge in [0.25, 0.3) is 0 Å². The third kappa shape index (κ3) is 21.2. The minimum atomic E-state index is 1.03. The number of fused-ring (bicyclic) bond motifs is 1. The Morgan fingerprint density at radius 2 is 0.875 bits per heavy atom. The molecule has 0 fully saturated rings. The zero-order valence-electron chi connectivity index (χ0n) is 27.1. The highest BCUT2D eigenvalue weighted by atomic mass is 14.6. The third-order valence-electron chi connectivity index (χ3n) is 4.52. The Morgan fingerprint density at radius 3 is 1.32 bits per heavy atom. The fourth-order valence-electron chi connectivity index (χ4n) is 3.00. The van der Waals surface area contributed by atoms with Crippen molar-refractivity contribution in [1.29, 1.82) is 0 Å². The molecule has 1 aromatic heterocycles. The molecule has 0 saturated carbocycles. The summed E-state index contributed by atoms with van der Waals surface area (Å²) in [6.07, 6.45) is 25.1. The first-order valence-electron chi connectivity index (χ1n) is 15.3. The largest absolute Gasteiger partial charge is 0.265 e. The second-order valence-corrected chi connectivity index (χ2v) is 6.75. The SMILES string of the molecule is C1=CCC=CC(c2ccccc2)=C1.C1=Cc2ccccc2C=CC1.CC.CC.CC.CC.CC.c1ccncc1. The number of allylic oxidation sites excluding steroid dienone is 8. The molecule has 0 N–H and O–H groups in total. The van der Waals surface area contributed by atoms with Gasteiger partial charge in [0.2, 0.25) is 0 Å². The van der Waals surface area contributed by atoms with Gasteiger partial charge in [0, 0.05) is 12.4 Å². The highest BCUT2D eigenvalue weighted by Crippen LogP contribution is 2.18. The Kier molecular flexibility index (Phi) is 36.0. The van der Waals surface area contributed by atoms with Crippen LogP contribution in [0.5, 0.6) is 0 Å². The van der Waals surface area contributed by atoms with Crippen LogP contribution in [-0.2, 0) is 0 Å². The van der Waals surface area contributed by atoms with Crippen LogP contribution < -0.4 is 0 Å². The van der Waals surface area contributed by atoms with E-state index in [0.717, 1.165) is 12.8 Å². The number of pyridine rings is 1. The van der Waals surface area contributed by atoms with Crippen molar-refractivity contribution in [1.82, 2.24) is 4.98 Å². The Balaban J connectivity index is -0.000000459. The first-order valence-corrected chi connectivity index (χ1v) is 15.3. The lowest BCUT2D eigenvalue weighted by Gasteiger charge is -1.99. The maximum atomic E-state index is 3.78. The van der Waals surface area contributed by atoms with Crippen LogP contribution in [0.25, 0.3) is 17.7 Å². The van der Waals surface area contributed by atoms with E-state index >= 15 is 0 Å². The van der Waals surface area contributed by atoms with Gasteiger partial charge >= 0.3 is 0 Å². The van der Waals surface area contributed by atoms with Crippen LogP contribution in [0.3, 0.4) is 0 Å². The number of aromatic nitrogens is 1. The van der Waals surface area contributed by atoms with Crippen molar-refractivity contribution in [3.63, 3.8) is 0 Å². The van der Waals surface area contributed by atoms with Crippen molar-refractivity contribution < 1.29 is 0 Å². The molecule has 0 bridgehead atoms. The van der Waals surface area contributed by atoms with E-state index in [9.17, 15) is 0 Å². The van der Waals surface area contributed by atoms with Crippen LogP contribution in [0.2, 0.25) is 0 Å². The highest BCUT2D eigenvalue weighted by Gasteiger charge is 1.96. The lowest BCUT2D eigenvalue weighted by atomic mass is 10.1. The molecule has 2 aromatic carbocycles. The number of hydrogen-bond acceptors (Lipinski definition) is 1. The summed E-state index contributed by atoms with van der Waals surface area (Å²) in [6.45, 7) is 20.0. The molecule has 1 heteroatoms. The van der Waals surface area contributed by atoms with E-state index in [4.69, 9.17) is 0 Å². The molecule has 0 radical (unpaired) electrons. The van der Waals surface area contributed by atoms with Gasteiger partial charge in [-0.15, -0.1) is 0 Å². The Bertz CT molecular complexity index is 965. The Labute approximate surface area is 248 Å². The average Bonchev–Trinajstić information content (AvgIpc) is 3.52. The zero-order chi connectivity index (χ0) is 30.7. The molecule has 0 unspecified atom stereocenters. The van der Waals surface area contributed by atoms with E-state index in [1.165, 1.54) is 22.3 Å². The summed E-state index contributed by atoms with van der Waals surface area (Å²) in [7, 11) is 0. The minimum Gasteiger partial charge on any atom is -0.265 e. The predicted molar refractivity (Wildman–Crippen MR) is 187 cm³/mol. The van der Waals surface area contributed by atoms with Crippen LogP contribution >= 0.6 is 0 Å². The van der Waals surface area contributed by atoms with Gasteiger partial charge in [0.05, 0.1) is 0 Å². The molecule has 0 aliphatic heterocycles. The number of hydrogen-bond donors (Lipinski definition) is 0. The van der Waals surface area contributed by atoms with E-state index in [2.05, 4.69) is 108 Å². The van der Waals surface area contributed by atoms with Gasteiger partial charge in [-0.05, 0) is 47.2 Å². The van der Waals surface area contributed by atoms with Crippen molar-refractivity contribution in [2.24, 2.45) is 0 Å². The normalized spacial score (nSPS) is 10.8. The van der Waals surface area contributed by atoms with Gasteiger partial charge in [-0.2, -0.15) is 0 Å². The maximum Gasteiger partial charge on any atom is 0.0267 e. The lowest BCUT2D eigenvalue weighted by molar-refractivity contribution is 1.33. The van der Waals surface area contributed by atoms with E-state index in [1.54, 1.807) is 12.4 Å². The summed E-state index contributed by atoms with van der Waals surface area (Å²) in [5, 5.41) is 0. The molecule has 1 heterocycles. The molecule has 40 heavy (non-hydrogen) atoms. The number of nitrogens with zero attached hydrogens (tertiary/aromatic N) is 1. The first kappa shape index (κ1) is 40.8. The number of benzene rings is 2. The summed E-state index contributed by atoms with van der Waals surface area (Å²) in [5.74, 6) is 0. The molecule has 218 valence electrons. The molecular weight excluding hydrogens is 482 g/mol. The van der Waals surface area contributed by atoms with E-state index in [0.29, 0.717) is 0 Å². The van der Waals surface area contributed by atoms with Gasteiger partial charge in [-0.3, -0.25) is 4.98 Å². The molecule has 2 aliphatic rings. The quantitative estimate of drug-likeness (QED) is 0.300. The van der Waals surface area contributed by atoms with Crippen LogP contribution in [-0.4, -0.2) is 4.98 Å². The van der Waals surface area contributed by atoms with Crippen molar-refractivity contribution in [2.75, 3.05) is 0 Å². The molecular formula is C39H57N. The predicted octanol–water partition coefficient (Wildman–Crippen LogP) is 12.9. The fourth-order valence-corrected chi connectivity index (χ4v) is 3.00. The van der Waals surface area contributed by atoms with Crippen molar-refractivity contribution in [2.45, 2.75) is 82.1 Å². The summed E-state index contributed by atoms with van der Waals surface area (Å²) in [4.78, 5) is 3.78. The molecule has 5 rings (SSSR count). The van der Waals surface area contributed by atoms with Gasteiger partial charge in [0.15, 0.2) is 0 Å². The summed E-state index contributed by atoms with van der Waals surface area (Å²) < 4.78 is 0. The molecule has 0 spiro atoms. The third-order valence-corrected chi connectivity index (χ3v) is 4.52. The van der Waals surface area contributed by atoms with E-state index < -0.39 is 0 Å². The van der Waals surface area contributed by atoms with Crippen molar-refractivity contribution >= 4 is 17.7 Å². The molecule has 0 saturated heterocycles. The topological polar surface area (TPSA) is 12.9 Å². The molecule has 0 atom stereocenters. The first-order chi connectivity index (χ1) is 19.9. The molecule has 3 aromatic rings. The Hall–Kier alpha value is -3.71. The van der Waals surface area contributed by atoms with Gasteiger partial charge in [0.1, 0.15) is 0 Å². The molecule has 1 nitrogen and oxygen atoms in total. The maximum absolute atomic E-state index is 3.78. The highest BCUT2D eigenvalue weighted by molar-refractivity contribution is 5.75. The monoisotopic (exact) mass is 539 g/mol. The summed E-state index contributed by atoms with van der Waals surface area (Å²) >= 11 is 0. The van der Waals surface area contributed by atoms with Crippen LogP contribution in [0.15, 0.2) is 128 Å². The van der Waals surface area contributed by atoms with E-state index in [1.807, 2.05) is 93.5 Å². The second-order valence-electron chi connectivity index (χ2n) is 6.75. The van der Waals surface area contributed by atoms with Gasteiger partial charge in [-0.25, -0.2) is 0 Å². The lowest BCUT2D eigenvalue weighted by Crippen LogP contribution is -1.77. The van der Waals surface area contributed by atoms with Crippen LogP contribution in [0.4, 0.5) is 0 Å². The van der Waals surface area contributed by atoms with Crippen LogP contribution in [0, 0.1) is 0 Å². The van der Waals surface area contributed by atoms with Crippen molar-refractivity contribution in [3.8, 4) is 0 Å². The van der Waals surface area contributed by atoms with Gasteiger partial charge in [-0.1, -0.05) is 185 Å². The molecule has 2 aliphatic carbocycles. The van der Waals surface area contributed by atoms with Crippen molar-refractivity contribution in [3.05, 3.63) is 144 Å². The summed E-state index contributed by atoms with van der Waals surface area (Å²) in [6, 6.07) is 24.6. The minimum absolute atomic E-state index is 1.03. The number of rotatable bonds is 1. The standard InChI is InChI=1S/C13H12.C11H10.C5H5N.5C2H6/c1-2-5-9-12(8-4-1)13-10-6-3-7-11-13;1-2-6-10-8-4-5-9-11(10)7-3-1;1-2-4-6-5-3-1;5*1-2/h1,3-11H,2H2;2-9H,1H2;1-5H;5*1-2H3. The van der Waals surface area contributed by atoms with Gasteiger partial charge < -0.3 is 0 Å². The summed E-state index contributed by atoms with van der Waals surface area (Å²) in [5.41, 5.74) is 5.21. The Morgan fingerprint density at radius 1 is 0.450 bits per heavy atom. The zero-order valence-corrected chi connectivity index (χ0v) is 27.1. The van der Waals surface area contributed by atoms with E-state index in [-0.39, 0.29) is 0 Å². The molecule has 0 amide bonds. The van der Waals surface area contributed by atoms with Crippen LogP contribution in [0.1, 0.15) is 98.8 Å². The second kappa shape index (κ2) is 35.3.